The van der Waals surface area contributed by atoms with Gasteiger partial charge in [-0.15, -0.1) is 0 Å². The van der Waals surface area contributed by atoms with E-state index >= 15 is 0 Å². The van der Waals surface area contributed by atoms with Crippen molar-refractivity contribution in [3.05, 3.63) is 30.0 Å². The average molecular weight is 275 g/mol. The molecule has 1 heterocycles. The number of carbonyl (C=O) groups excluding carboxylic acids is 1. The Morgan fingerprint density at radius 2 is 2.05 bits per heavy atom. The van der Waals surface area contributed by atoms with Crippen LogP contribution >= 0.6 is 0 Å². The number of carbonyl (C=O) groups is 1. The third-order valence-electron chi connectivity index (χ3n) is 3.32. The number of nitrogens with two attached hydrogens (primary N) is 1. The minimum absolute atomic E-state index is 0.0796. The van der Waals surface area contributed by atoms with Gasteiger partial charge in [0.2, 0.25) is 0 Å². The molecule has 0 saturated heterocycles. The summed E-state index contributed by atoms with van der Waals surface area (Å²) < 4.78 is 0. The number of aromatic amines is 1. The number of H-pyrrole nitrogens is 1. The molecule has 0 aliphatic rings. The maximum Gasteiger partial charge on any atom is 0.253 e. The first-order valence-electron chi connectivity index (χ1n) is 6.98. The van der Waals surface area contributed by atoms with Crippen molar-refractivity contribution >= 4 is 22.5 Å². The summed E-state index contributed by atoms with van der Waals surface area (Å²) in [6.45, 7) is 0.891. The van der Waals surface area contributed by atoms with Gasteiger partial charge in [-0.25, -0.2) is 0 Å². The molecule has 0 aliphatic carbocycles. The highest BCUT2D eigenvalue weighted by atomic mass is 16.2. The van der Waals surface area contributed by atoms with Gasteiger partial charge in [0.15, 0.2) is 0 Å². The Labute approximate surface area is 118 Å². The van der Waals surface area contributed by atoms with Crippen molar-refractivity contribution < 1.29 is 9.90 Å². The Bertz CT molecular complexity index is 578. The number of unbranched alkanes of at least 4 members (excludes halogenated alkanes) is 3. The molecule has 0 atom stereocenters. The number of amides is 1. The lowest BCUT2D eigenvalue weighted by molar-refractivity contribution is 0.0954. The summed E-state index contributed by atoms with van der Waals surface area (Å²) in [6, 6.07) is 5.49. The molecule has 108 valence electrons. The van der Waals surface area contributed by atoms with Crippen molar-refractivity contribution in [2.45, 2.75) is 25.7 Å². The van der Waals surface area contributed by atoms with Gasteiger partial charge < -0.3 is 21.1 Å². The summed E-state index contributed by atoms with van der Waals surface area (Å²) in [4.78, 5) is 15.2. The van der Waals surface area contributed by atoms with Crippen LogP contribution in [0.4, 0.5) is 5.69 Å². The van der Waals surface area contributed by atoms with E-state index in [2.05, 4.69) is 10.3 Å². The van der Waals surface area contributed by atoms with E-state index in [0.29, 0.717) is 17.8 Å². The fourth-order valence-corrected chi connectivity index (χ4v) is 2.21. The topological polar surface area (TPSA) is 91.1 Å². The highest BCUT2D eigenvalue weighted by Crippen LogP contribution is 2.20. The summed E-state index contributed by atoms with van der Waals surface area (Å²) >= 11 is 0. The molecular weight excluding hydrogens is 254 g/mol. The van der Waals surface area contributed by atoms with Crippen LogP contribution < -0.4 is 11.1 Å². The Morgan fingerprint density at radius 3 is 2.85 bits per heavy atom. The molecule has 2 rings (SSSR count). The quantitative estimate of drug-likeness (QED) is 0.460. The average Bonchev–Trinajstić information content (AvgIpc) is 2.85. The lowest BCUT2D eigenvalue weighted by Gasteiger charge is -2.04. The Balaban J connectivity index is 1.89. The highest BCUT2D eigenvalue weighted by molar-refractivity contribution is 6.07. The van der Waals surface area contributed by atoms with Gasteiger partial charge in [-0.2, -0.15) is 0 Å². The van der Waals surface area contributed by atoms with Crippen molar-refractivity contribution in [2.75, 3.05) is 18.9 Å². The molecule has 5 nitrogen and oxygen atoms in total. The normalized spacial score (nSPS) is 10.8. The van der Waals surface area contributed by atoms with Crippen molar-refractivity contribution in [1.82, 2.24) is 10.3 Å². The third-order valence-corrected chi connectivity index (χ3v) is 3.32. The molecule has 1 amide bonds. The van der Waals surface area contributed by atoms with Crippen LogP contribution in [-0.4, -0.2) is 29.1 Å². The van der Waals surface area contributed by atoms with Crippen LogP contribution in [0.15, 0.2) is 24.4 Å². The third kappa shape index (κ3) is 3.51. The van der Waals surface area contributed by atoms with Crippen molar-refractivity contribution in [2.24, 2.45) is 0 Å². The summed E-state index contributed by atoms with van der Waals surface area (Å²) in [5.74, 6) is -0.0796. The molecule has 5 N–H and O–H groups in total. The molecule has 0 bridgehead atoms. The minimum Gasteiger partial charge on any atom is -0.399 e. The largest absolute Gasteiger partial charge is 0.399 e. The monoisotopic (exact) mass is 275 g/mol. The molecule has 2 aromatic rings. The standard InChI is InChI=1S/C15H21N3O2/c16-11-5-6-14-12(9-11)13(10-18-14)15(20)17-7-3-1-2-4-8-19/h5-6,9-10,18-19H,1-4,7-8,16H2,(H,17,20). The van der Waals surface area contributed by atoms with Crippen LogP contribution in [0.3, 0.4) is 0 Å². The number of nitrogen functional groups attached to an aromatic ring is 1. The number of nitrogens with one attached hydrogen (secondary N) is 2. The number of rotatable bonds is 7. The second kappa shape index (κ2) is 6.96. The summed E-state index contributed by atoms with van der Waals surface area (Å²) in [6.07, 6.45) is 5.48. The summed E-state index contributed by atoms with van der Waals surface area (Å²) in [5.41, 5.74) is 7.94. The van der Waals surface area contributed by atoms with E-state index in [9.17, 15) is 4.79 Å². The van der Waals surface area contributed by atoms with E-state index in [-0.39, 0.29) is 12.5 Å². The predicted octanol–water partition coefficient (Wildman–Crippen LogP) is 2.03. The smallest absolute Gasteiger partial charge is 0.253 e. The van der Waals surface area contributed by atoms with Crippen LogP contribution in [0.1, 0.15) is 36.0 Å². The molecule has 1 aromatic carbocycles. The van der Waals surface area contributed by atoms with Crippen LogP contribution in [0.25, 0.3) is 10.9 Å². The van der Waals surface area contributed by atoms with Crippen LogP contribution in [0.5, 0.6) is 0 Å². The molecule has 0 spiro atoms. The molecule has 20 heavy (non-hydrogen) atoms. The van der Waals surface area contributed by atoms with Gasteiger partial charge in [-0.05, 0) is 31.0 Å². The minimum atomic E-state index is -0.0796. The Hall–Kier alpha value is -2.01. The van der Waals surface area contributed by atoms with Crippen molar-refractivity contribution in [3.8, 4) is 0 Å². The van der Waals surface area contributed by atoms with Gasteiger partial charge in [0.1, 0.15) is 0 Å². The fraction of sp³-hybridized carbons (Fsp3) is 0.400. The molecule has 0 saturated carbocycles. The first-order chi connectivity index (χ1) is 9.72. The maximum atomic E-state index is 12.1. The van der Waals surface area contributed by atoms with E-state index < -0.39 is 0 Å². The summed E-state index contributed by atoms with van der Waals surface area (Å²) in [7, 11) is 0. The SMILES string of the molecule is Nc1ccc2[nH]cc(C(=O)NCCCCCCO)c2c1. The van der Waals surface area contributed by atoms with Gasteiger partial charge >= 0.3 is 0 Å². The van der Waals surface area contributed by atoms with E-state index in [4.69, 9.17) is 10.8 Å². The zero-order valence-corrected chi connectivity index (χ0v) is 11.5. The van der Waals surface area contributed by atoms with E-state index in [1.807, 2.05) is 18.2 Å². The molecule has 0 radical (unpaired) electrons. The van der Waals surface area contributed by atoms with E-state index in [1.165, 1.54) is 0 Å². The number of aliphatic hydroxyl groups excluding tert-OH is 1. The number of hydrogen-bond donors (Lipinski definition) is 4. The molecule has 0 aliphatic heterocycles. The van der Waals surface area contributed by atoms with Gasteiger partial charge in [-0.1, -0.05) is 12.8 Å². The second-order valence-corrected chi connectivity index (χ2v) is 4.90. The van der Waals surface area contributed by atoms with Gasteiger partial charge in [0, 0.05) is 35.9 Å². The lowest BCUT2D eigenvalue weighted by Crippen LogP contribution is -2.24. The molecule has 0 unspecified atom stereocenters. The van der Waals surface area contributed by atoms with Crippen LogP contribution in [-0.2, 0) is 0 Å². The fourth-order valence-electron chi connectivity index (χ4n) is 2.21. The van der Waals surface area contributed by atoms with Crippen LogP contribution in [0.2, 0.25) is 0 Å². The predicted molar refractivity (Wildman–Crippen MR) is 80.6 cm³/mol. The van der Waals surface area contributed by atoms with Gasteiger partial charge in [0.25, 0.3) is 5.91 Å². The Kier molecular flexibility index (Phi) is 5.01. The number of hydrogen-bond acceptors (Lipinski definition) is 3. The maximum absolute atomic E-state index is 12.1. The zero-order valence-electron chi connectivity index (χ0n) is 11.5. The zero-order chi connectivity index (χ0) is 14.4. The van der Waals surface area contributed by atoms with E-state index in [0.717, 1.165) is 36.6 Å². The first-order valence-corrected chi connectivity index (χ1v) is 6.98. The summed E-state index contributed by atoms with van der Waals surface area (Å²) in [5, 5.41) is 12.4. The van der Waals surface area contributed by atoms with Crippen LogP contribution in [0, 0.1) is 0 Å². The molecule has 0 fully saturated rings. The molecule has 1 aromatic heterocycles. The lowest BCUT2D eigenvalue weighted by atomic mass is 10.1. The highest BCUT2D eigenvalue weighted by Gasteiger charge is 2.11. The number of benzene rings is 1. The molecular formula is C15H21N3O2. The number of anilines is 1. The number of aliphatic hydroxyl groups is 1. The number of aromatic nitrogens is 1. The number of fused-ring (bicyclic) bond motifs is 1. The van der Waals surface area contributed by atoms with Crippen molar-refractivity contribution in [3.63, 3.8) is 0 Å². The Morgan fingerprint density at radius 1 is 1.25 bits per heavy atom. The second-order valence-electron chi connectivity index (χ2n) is 4.90. The van der Waals surface area contributed by atoms with Gasteiger partial charge in [0.05, 0.1) is 5.56 Å². The van der Waals surface area contributed by atoms with Gasteiger partial charge in [-0.3, -0.25) is 4.79 Å². The molecule has 5 heteroatoms. The van der Waals surface area contributed by atoms with Crippen molar-refractivity contribution in [1.29, 1.82) is 0 Å². The first kappa shape index (κ1) is 14.4. The van der Waals surface area contributed by atoms with E-state index in [1.54, 1.807) is 6.20 Å².